The number of carbonyl (C=O) groups is 1. The van der Waals surface area contributed by atoms with Gasteiger partial charge in [0.05, 0.1) is 11.4 Å². The van der Waals surface area contributed by atoms with Crippen molar-refractivity contribution in [3.05, 3.63) is 70.8 Å². The maximum atomic E-state index is 13.5. The second-order valence-electron chi connectivity index (χ2n) is 7.63. The van der Waals surface area contributed by atoms with Gasteiger partial charge in [-0.3, -0.25) is 9.78 Å². The van der Waals surface area contributed by atoms with Crippen LogP contribution in [0, 0.1) is 5.82 Å². The zero-order chi connectivity index (χ0) is 20.1. The van der Waals surface area contributed by atoms with Crippen molar-refractivity contribution in [3.63, 3.8) is 0 Å². The van der Waals surface area contributed by atoms with Gasteiger partial charge in [0.25, 0.3) is 0 Å². The number of pyridine rings is 1. The molecule has 1 aliphatic carbocycles. The number of allylic oxidation sites excluding steroid dienone is 4. The molecule has 0 radical (unpaired) electrons. The second-order valence-corrected chi connectivity index (χ2v) is 7.63. The monoisotopic (exact) mass is 377 g/mol. The summed E-state index contributed by atoms with van der Waals surface area (Å²) in [5.74, 6) is -0.147. The van der Waals surface area contributed by atoms with E-state index in [4.69, 9.17) is 4.98 Å². The molecule has 2 nitrogen and oxygen atoms in total. The van der Waals surface area contributed by atoms with Crippen LogP contribution in [0.2, 0.25) is 0 Å². The number of halogens is 1. The maximum absolute atomic E-state index is 13.5. The number of aromatic nitrogens is 1. The number of aldehydes is 1. The fraction of sp³-hybridized carbons (Fsp3) is 0.360. The molecule has 0 fully saturated rings. The summed E-state index contributed by atoms with van der Waals surface area (Å²) in [6.45, 7) is 6.24. The molecule has 28 heavy (non-hydrogen) atoms. The molecule has 3 rings (SSSR count). The summed E-state index contributed by atoms with van der Waals surface area (Å²) in [6.07, 6.45) is 12.3. The van der Waals surface area contributed by atoms with Gasteiger partial charge in [-0.05, 0) is 72.4 Å². The van der Waals surface area contributed by atoms with E-state index in [9.17, 15) is 9.18 Å². The van der Waals surface area contributed by atoms with Crippen LogP contribution in [0.3, 0.4) is 0 Å². The topological polar surface area (TPSA) is 30.0 Å². The summed E-state index contributed by atoms with van der Waals surface area (Å²) < 4.78 is 13.5. The molecule has 1 heterocycles. The Hall–Kier alpha value is -2.55. The number of fused-ring (bicyclic) bond motifs is 1. The predicted molar refractivity (Wildman–Crippen MR) is 114 cm³/mol. The first kappa shape index (κ1) is 20.2. The summed E-state index contributed by atoms with van der Waals surface area (Å²) >= 11 is 0. The molecule has 1 aromatic heterocycles. The molecule has 0 atom stereocenters. The Morgan fingerprint density at radius 3 is 2.50 bits per heavy atom. The third-order valence-corrected chi connectivity index (χ3v) is 5.26. The normalized spacial score (nSPS) is 15.8. The van der Waals surface area contributed by atoms with Crippen molar-refractivity contribution < 1.29 is 9.18 Å². The van der Waals surface area contributed by atoms with Gasteiger partial charge in [0.2, 0.25) is 0 Å². The van der Waals surface area contributed by atoms with Crippen LogP contribution in [0.15, 0.2) is 42.5 Å². The van der Waals surface area contributed by atoms with E-state index >= 15 is 0 Å². The molecule has 0 saturated carbocycles. The Bertz CT molecular complexity index is 907. The fourth-order valence-corrected chi connectivity index (χ4v) is 3.89. The van der Waals surface area contributed by atoms with Gasteiger partial charge in [0, 0.05) is 5.56 Å². The van der Waals surface area contributed by atoms with E-state index in [1.165, 1.54) is 17.7 Å². The van der Waals surface area contributed by atoms with E-state index in [1.54, 1.807) is 12.1 Å². The molecule has 2 aromatic rings. The fourth-order valence-electron chi connectivity index (χ4n) is 3.89. The van der Waals surface area contributed by atoms with Gasteiger partial charge >= 0.3 is 0 Å². The van der Waals surface area contributed by atoms with E-state index in [0.29, 0.717) is 5.56 Å². The quantitative estimate of drug-likeness (QED) is 0.419. The molecule has 3 heteroatoms. The zero-order valence-electron chi connectivity index (χ0n) is 17.0. The van der Waals surface area contributed by atoms with Crippen molar-refractivity contribution in [3.8, 4) is 11.1 Å². The largest absolute Gasteiger partial charge is 0.298 e. The van der Waals surface area contributed by atoms with Crippen LogP contribution < -0.4 is 0 Å². The molecule has 0 unspecified atom stereocenters. The van der Waals surface area contributed by atoms with Crippen molar-refractivity contribution in [2.45, 2.75) is 58.8 Å². The third-order valence-electron chi connectivity index (χ3n) is 5.26. The standard InChI is InChI=1S/C25H28FNO/c1-4-5-6-9-19-10-7-8-11-21-23(18-12-14-20(26)15-13-18)22(16-28)24(17(2)3)27-25(19)21/h5-6,9,12-17H,4,7-8,10-11H2,1-3H3/b6-5-,19-9+. The van der Waals surface area contributed by atoms with Crippen LogP contribution in [0.5, 0.6) is 0 Å². The second kappa shape index (κ2) is 9.09. The lowest BCUT2D eigenvalue weighted by Gasteiger charge is -2.20. The lowest BCUT2D eigenvalue weighted by atomic mass is 9.87. The molecule has 0 bridgehead atoms. The first-order valence-corrected chi connectivity index (χ1v) is 10.2. The van der Waals surface area contributed by atoms with E-state index in [0.717, 1.165) is 66.5 Å². The maximum Gasteiger partial charge on any atom is 0.152 e. The molecular formula is C25H28FNO. The Balaban J connectivity index is 2.33. The first-order valence-electron chi connectivity index (χ1n) is 10.2. The van der Waals surface area contributed by atoms with Gasteiger partial charge in [-0.25, -0.2) is 4.39 Å². The molecule has 0 aliphatic heterocycles. The minimum Gasteiger partial charge on any atom is -0.298 e. The van der Waals surface area contributed by atoms with Gasteiger partial charge < -0.3 is 0 Å². The average molecular weight is 378 g/mol. The minimum absolute atomic E-state index is 0.125. The van der Waals surface area contributed by atoms with Crippen molar-refractivity contribution in [1.29, 1.82) is 0 Å². The number of rotatable bonds is 5. The predicted octanol–water partition coefficient (Wildman–Crippen LogP) is 6.90. The van der Waals surface area contributed by atoms with Crippen molar-refractivity contribution in [2.75, 3.05) is 0 Å². The lowest BCUT2D eigenvalue weighted by Crippen LogP contribution is -2.09. The molecule has 0 spiro atoms. The number of benzene rings is 1. The van der Waals surface area contributed by atoms with Gasteiger partial charge in [0.1, 0.15) is 5.82 Å². The highest BCUT2D eigenvalue weighted by Gasteiger charge is 2.25. The molecule has 0 amide bonds. The lowest BCUT2D eigenvalue weighted by molar-refractivity contribution is 0.112. The van der Waals surface area contributed by atoms with Crippen molar-refractivity contribution >= 4 is 11.9 Å². The number of hydrogen-bond acceptors (Lipinski definition) is 2. The van der Waals surface area contributed by atoms with Crippen molar-refractivity contribution in [1.82, 2.24) is 4.98 Å². The van der Waals surface area contributed by atoms with E-state index in [2.05, 4.69) is 39.0 Å². The van der Waals surface area contributed by atoms with E-state index < -0.39 is 0 Å². The molecule has 1 aromatic carbocycles. The summed E-state index contributed by atoms with van der Waals surface area (Å²) in [6, 6.07) is 6.47. The molecular weight excluding hydrogens is 349 g/mol. The average Bonchev–Trinajstić information content (AvgIpc) is 2.89. The van der Waals surface area contributed by atoms with Gasteiger partial charge in [-0.2, -0.15) is 0 Å². The van der Waals surface area contributed by atoms with Crippen LogP contribution in [0.25, 0.3) is 16.7 Å². The summed E-state index contributed by atoms with van der Waals surface area (Å²) in [7, 11) is 0. The van der Waals surface area contributed by atoms with Gasteiger partial charge in [-0.15, -0.1) is 0 Å². The number of hydrogen-bond donors (Lipinski definition) is 0. The highest BCUT2D eigenvalue weighted by atomic mass is 19.1. The molecule has 1 aliphatic rings. The van der Waals surface area contributed by atoms with Gasteiger partial charge in [-0.1, -0.05) is 51.1 Å². The Morgan fingerprint density at radius 1 is 1.14 bits per heavy atom. The zero-order valence-corrected chi connectivity index (χ0v) is 17.0. The minimum atomic E-state index is -0.272. The highest BCUT2D eigenvalue weighted by Crippen LogP contribution is 2.39. The summed E-state index contributed by atoms with van der Waals surface area (Å²) in [5.41, 5.74) is 6.62. The van der Waals surface area contributed by atoms with Crippen molar-refractivity contribution in [2.24, 2.45) is 0 Å². The Labute approximate surface area is 167 Å². The third kappa shape index (κ3) is 4.14. The van der Waals surface area contributed by atoms with Crippen LogP contribution in [0.1, 0.15) is 79.7 Å². The Kier molecular flexibility index (Phi) is 6.56. The smallest absolute Gasteiger partial charge is 0.152 e. The first-order chi connectivity index (χ1) is 13.6. The Morgan fingerprint density at radius 2 is 1.86 bits per heavy atom. The summed E-state index contributed by atoms with van der Waals surface area (Å²) in [5, 5.41) is 0. The number of nitrogens with zero attached hydrogens (tertiary/aromatic N) is 1. The van der Waals surface area contributed by atoms with Crippen LogP contribution in [0.4, 0.5) is 4.39 Å². The van der Waals surface area contributed by atoms with Gasteiger partial charge in [0.15, 0.2) is 6.29 Å². The SMILES string of the molecule is CC/C=C\C=C1/CCCCc2c1nc(C(C)C)c(C=O)c2-c1ccc(F)cc1. The molecule has 0 saturated heterocycles. The summed E-state index contributed by atoms with van der Waals surface area (Å²) in [4.78, 5) is 17.1. The van der Waals surface area contributed by atoms with E-state index in [1.807, 2.05) is 0 Å². The molecule has 146 valence electrons. The highest BCUT2D eigenvalue weighted by molar-refractivity contribution is 5.92. The number of carbonyl (C=O) groups excluding carboxylic acids is 1. The van der Waals surface area contributed by atoms with Crippen LogP contribution in [-0.2, 0) is 6.42 Å². The van der Waals surface area contributed by atoms with E-state index in [-0.39, 0.29) is 11.7 Å². The molecule has 0 N–H and O–H groups in total. The van der Waals surface area contributed by atoms with Crippen LogP contribution in [-0.4, -0.2) is 11.3 Å². The van der Waals surface area contributed by atoms with Crippen LogP contribution >= 0.6 is 0 Å².